The van der Waals surface area contributed by atoms with Crippen molar-refractivity contribution in [3.05, 3.63) is 59.7 Å². The van der Waals surface area contributed by atoms with Crippen molar-refractivity contribution in [3.8, 4) is 17.1 Å². The Morgan fingerprint density at radius 2 is 1.85 bits per heavy atom. The first-order chi connectivity index (χ1) is 13.1. The molecule has 27 heavy (non-hydrogen) atoms. The number of thioether (sulfide) groups is 1. The van der Waals surface area contributed by atoms with Gasteiger partial charge in [-0.1, -0.05) is 49.0 Å². The summed E-state index contributed by atoms with van der Waals surface area (Å²) in [6.45, 7) is 6.92. The van der Waals surface area contributed by atoms with Crippen molar-refractivity contribution in [3.63, 3.8) is 0 Å². The van der Waals surface area contributed by atoms with Gasteiger partial charge in [0.25, 0.3) is 0 Å². The summed E-state index contributed by atoms with van der Waals surface area (Å²) in [6.07, 6.45) is 0.924. The molecule has 0 saturated heterocycles. The van der Waals surface area contributed by atoms with Gasteiger partial charge in [0.15, 0.2) is 11.0 Å². The van der Waals surface area contributed by atoms with Gasteiger partial charge in [-0.25, -0.2) is 0 Å². The molecule has 0 aliphatic heterocycles. The number of aromatic nitrogens is 3. The van der Waals surface area contributed by atoms with Crippen LogP contribution in [0, 0.1) is 13.8 Å². The van der Waals surface area contributed by atoms with Gasteiger partial charge in [0.2, 0.25) is 5.91 Å². The van der Waals surface area contributed by atoms with E-state index < -0.39 is 0 Å². The van der Waals surface area contributed by atoms with Crippen molar-refractivity contribution >= 4 is 17.7 Å². The van der Waals surface area contributed by atoms with E-state index in [-0.39, 0.29) is 5.91 Å². The smallest absolute Gasteiger partial charge is 0.230 e. The van der Waals surface area contributed by atoms with Gasteiger partial charge >= 0.3 is 0 Å². The number of rotatable bonds is 7. The van der Waals surface area contributed by atoms with E-state index in [1.807, 2.05) is 41.8 Å². The van der Waals surface area contributed by atoms with Gasteiger partial charge in [-0.15, -0.1) is 10.2 Å². The molecule has 0 fully saturated rings. The molecule has 0 unspecified atom stereocenters. The lowest BCUT2D eigenvalue weighted by Crippen LogP contribution is -2.25. The molecule has 6 heteroatoms. The third kappa shape index (κ3) is 4.57. The maximum atomic E-state index is 12.0. The second-order valence-corrected chi connectivity index (χ2v) is 7.36. The van der Waals surface area contributed by atoms with E-state index in [1.54, 1.807) is 0 Å². The fraction of sp³-hybridized carbons (Fsp3) is 0.286. The third-order valence-electron chi connectivity index (χ3n) is 4.32. The molecule has 1 aromatic heterocycles. The highest BCUT2D eigenvalue weighted by molar-refractivity contribution is 7.99. The first-order valence-corrected chi connectivity index (χ1v) is 10.1. The van der Waals surface area contributed by atoms with E-state index in [9.17, 15) is 4.79 Å². The van der Waals surface area contributed by atoms with Crippen molar-refractivity contribution in [1.82, 2.24) is 20.1 Å². The average molecular weight is 381 g/mol. The Morgan fingerprint density at radius 3 is 2.56 bits per heavy atom. The number of carbonyl (C=O) groups excluding carboxylic acids is 1. The average Bonchev–Trinajstić information content (AvgIpc) is 3.11. The Balaban J connectivity index is 1.96. The molecule has 1 amide bonds. The molecule has 0 aliphatic rings. The van der Waals surface area contributed by atoms with Crippen LogP contribution in [0.5, 0.6) is 0 Å². The molecule has 3 rings (SSSR count). The normalized spacial score (nSPS) is 10.8. The summed E-state index contributed by atoms with van der Waals surface area (Å²) in [4.78, 5) is 12.0. The van der Waals surface area contributed by atoms with E-state index in [0.717, 1.165) is 23.5 Å². The van der Waals surface area contributed by atoms with Crippen LogP contribution >= 0.6 is 11.8 Å². The minimum Gasteiger partial charge on any atom is -0.355 e. The summed E-state index contributed by atoms with van der Waals surface area (Å²) >= 11 is 1.40. The Bertz CT molecular complexity index is 921. The number of hydrogen-bond acceptors (Lipinski definition) is 4. The third-order valence-corrected chi connectivity index (χ3v) is 5.25. The van der Waals surface area contributed by atoms with E-state index in [2.05, 4.69) is 47.6 Å². The molecular formula is C21H24N4OS. The monoisotopic (exact) mass is 380 g/mol. The highest BCUT2D eigenvalue weighted by atomic mass is 32.2. The molecule has 0 radical (unpaired) electrons. The van der Waals surface area contributed by atoms with E-state index >= 15 is 0 Å². The lowest BCUT2D eigenvalue weighted by molar-refractivity contribution is -0.118. The molecule has 1 N–H and O–H groups in total. The quantitative estimate of drug-likeness (QED) is 0.625. The minimum atomic E-state index is 0.0113. The molecular weight excluding hydrogens is 356 g/mol. The largest absolute Gasteiger partial charge is 0.355 e. The molecule has 0 aliphatic carbocycles. The van der Waals surface area contributed by atoms with Crippen LogP contribution in [-0.2, 0) is 4.79 Å². The Hall–Kier alpha value is -2.60. The molecule has 0 saturated carbocycles. The number of nitrogens with one attached hydrogen (secondary N) is 1. The van der Waals surface area contributed by atoms with Gasteiger partial charge in [-0.05, 0) is 49.6 Å². The standard InChI is InChI=1S/C21H24N4OS/c1-4-12-22-19(26)14-27-21-24-23-20(17-11-10-15(2)16(3)13-17)25(21)18-8-6-5-7-9-18/h5-11,13H,4,12,14H2,1-3H3,(H,22,26). The zero-order valence-corrected chi connectivity index (χ0v) is 16.7. The van der Waals surface area contributed by atoms with Crippen LogP contribution in [0.4, 0.5) is 0 Å². The van der Waals surface area contributed by atoms with Crippen molar-refractivity contribution in [2.24, 2.45) is 0 Å². The van der Waals surface area contributed by atoms with Crippen molar-refractivity contribution in [2.75, 3.05) is 12.3 Å². The van der Waals surface area contributed by atoms with Crippen molar-refractivity contribution in [1.29, 1.82) is 0 Å². The second-order valence-electron chi connectivity index (χ2n) is 6.41. The van der Waals surface area contributed by atoms with Gasteiger partial charge in [0.1, 0.15) is 0 Å². The zero-order valence-electron chi connectivity index (χ0n) is 15.9. The van der Waals surface area contributed by atoms with Crippen molar-refractivity contribution < 1.29 is 4.79 Å². The SMILES string of the molecule is CCCNC(=O)CSc1nnc(-c2ccc(C)c(C)c2)n1-c1ccccc1. The zero-order chi connectivity index (χ0) is 19.2. The summed E-state index contributed by atoms with van der Waals surface area (Å²) in [6, 6.07) is 16.3. The summed E-state index contributed by atoms with van der Waals surface area (Å²) in [7, 11) is 0. The predicted molar refractivity (Wildman–Crippen MR) is 110 cm³/mol. The van der Waals surface area contributed by atoms with E-state index in [0.29, 0.717) is 17.5 Å². The Labute approximate surface area is 164 Å². The van der Waals surface area contributed by atoms with Gasteiger partial charge in [-0.2, -0.15) is 0 Å². The number of nitrogens with zero attached hydrogens (tertiary/aromatic N) is 3. The topological polar surface area (TPSA) is 59.8 Å². The first-order valence-electron chi connectivity index (χ1n) is 9.08. The fourth-order valence-electron chi connectivity index (χ4n) is 2.69. The highest BCUT2D eigenvalue weighted by Crippen LogP contribution is 2.28. The maximum Gasteiger partial charge on any atom is 0.230 e. The van der Waals surface area contributed by atoms with Crippen LogP contribution in [-0.4, -0.2) is 33.0 Å². The number of carbonyl (C=O) groups is 1. The molecule has 0 atom stereocenters. The molecule has 0 bridgehead atoms. The van der Waals surface area contributed by atoms with Gasteiger partial charge in [0, 0.05) is 17.8 Å². The first kappa shape index (κ1) is 19.2. The lowest BCUT2D eigenvalue weighted by Gasteiger charge is -2.11. The van der Waals surface area contributed by atoms with Crippen LogP contribution in [0.25, 0.3) is 17.1 Å². The Kier molecular flexibility index (Phi) is 6.29. The van der Waals surface area contributed by atoms with Gasteiger partial charge < -0.3 is 5.32 Å². The van der Waals surface area contributed by atoms with Crippen LogP contribution < -0.4 is 5.32 Å². The molecule has 2 aromatic carbocycles. The van der Waals surface area contributed by atoms with Crippen molar-refractivity contribution in [2.45, 2.75) is 32.3 Å². The fourth-order valence-corrected chi connectivity index (χ4v) is 3.47. The van der Waals surface area contributed by atoms with Crippen LogP contribution in [0.15, 0.2) is 53.7 Å². The lowest BCUT2D eigenvalue weighted by atomic mass is 10.1. The van der Waals surface area contributed by atoms with Gasteiger partial charge in [-0.3, -0.25) is 9.36 Å². The number of benzene rings is 2. The molecule has 3 aromatic rings. The summed E-state index contributed by atoms with van der Waals surface area (Å²) < 4.78 is 2.02. The maximum absolute atomic E-state index is 12.0. The van der Waals surface area contributed by atoms with Crippen LogP contribution in [0.2, 0.25) is 0 Å². The number of para-hydroxylation sites is 1. The molecule has 5 nitrogen and oxygen atoms in total. The molecule has 140 valence electrons. The molecule has 1 heterocycles. The van der Waals surface area contributed by atoms with E-state index in [1.165, 1.54) is 22.9 Å². The second kappa shape index (κ2) is 8.86. The van der Waals surface area contributed by atoms with Gasteiger partial charge in [0.05, 0.1) is 5.75 Å². The van der Waals surface area contributed by atoms with E-state index in [4.69, 9.17) is 0 Å². The van der Waals surface area contributed by atoms with Crippen LogP contribution in [0.3, 0.4) is 0 Å². The highest BCUT2D eigenvalue weighted by Gasteiger charge is 2.17. The number of amides is 1. The van der Waals surface area contributed by atoms with Crippen LogP contribution in [0.1, 0.15) is 24.5 Å². The summed E-state index contributed by atoms with van der Waals surface area (Å²) in [5.41, 5.74) is 4.44. The summed E-state index contributed by atoms with van der Waals surface area (Å²) in [5, 5.41) is 12.4. The minimum absolute atomic E-state index is 0.0113. The molecule has 0 spiro atoms. The summed E-state index contributed by atoms with van der Waals surface area (Å²) in [5.74, 6) is 1.11. The predicted octanol–water partition coefficient (Wildman–Crippen LogP) is 4.17. The Morgan fingerprint density at radius 1 is 1.07 bits per heavy atom. The number of hydrogen-bond donors (Lipinski definition) is 1. The number of aryl methyl sites for hydroxylation is 2.